The summed E-state index contributed by atoms with van der Waals surface area (Å²) < 4.78 is 0. The third kappa shape index (κ3) is 4.95. The maximum Gasteiger partial charge on any atom is 0.113 e. The number of allylic oxidation sites excluding steroid dienone is 9. The molecule has 0 saturated heterocycles. The van der Waals surface area contributed by atoms with Gasteiger partial charge >= 0.3 is 0 Å². The van der Waals surface area contributed by atoms with Crippen LogP contribution in [0.3, 0.4) is 0 Å². The third-order valence-electron chi connectivity index (χ3n) is 5.73. The van der Waals surface area contributed by atoms with Crippen LogP contribution in [0.5, 0.6) is 0 Å². The molecule has 0 unspecified atom stereocenters. The van der Waals surface area contributed by atoms with E-state index in [9.17, 15) is 0 Å². The molecule has 2 aliphatic rings. The second-order valence-corrected chi connectivity index (χ2v) is 7.94. The fourth-order valence-electron chi connectivity index (χ4n) is 4.12. The van der Waals surface area contributed by atoms with Crippen LogP contribution in [0.1, 0.15) is 24.0 Å². The molecule has 0 saturated carbocycles. The molecule has 0 fully saturated rings. The second-order valence-electron chi connectivity index (χ2n) is 7.94. The van der Waals surface area contributed by atoms with Crippen molar-refractivity contribution in [2.24, 2.45) is 5.73 Å². The molecular formula is C29H27BN2. The van der Waals surface area contributed by atoms with Gasteiger partial charge in [0.1, 0.15) is 7.85 Å². The number of rotatable bonds is 6. The molecular weight excluding hydrogens is 387 g/mol. The molecule has 1 aliphatic carbocycles. The van der Waals surface area contributed by atoms with Gasteiger partial charge in [-0.1, -0.05) is 78.8 Å². The van der Waals surface area contributed by atoms with E-state index in [4.69, 9.17) is 13.6 Å². The Morgan fingerprint density at radius 1 is 1.06 bits per heavy atom. The maximum absolute atomic E-state index is 6.34. The number of nitrogens with one attached hydrogen (secondary N) is 1. The third-order valence-corrected chi connectivity index (χ3v) is 5.73. The van der Waals surface area contributed by atoms with Gasteiger partial charge in [-0.25, -0.2) is 0 Å². The molecule has 32 heavy (non-hydrogen) atoms. The van der Waals surface area contributed by atoms with Gasteiger partial charge in [0.05, 0.1) is 0 Å². The Labute approximate surface area is 192 Å². The molecule has 0 atom stereocenters. The Balaban J connectivity index is 1.69. The van der Waals surface area contributed by atoms with Gasteiger partial charge in [0.25, 0.3) is 0 Å². The number of dihydropyridines is 1. The van der Waals surface area contributed by atoms with E-state index >= 15 is 0 Å². The van der Waals surface area contributed by atoms with E-state index in [-0.39, 0.29) is 0 Å². The number of hydrogen-bond donors (Lipinski definition) is 2. The molecule has 0 amide bonds. The lowest BCUT2D eigenvalue weighted by molar-refractivity contribution is 0.883. The van der Waals surface area contributed by atoms with Gasteiger partial charge in [0.15, 0.2) is 0 Å². The van der Waals surface area contributed by atoms with Crippen molar-refractivity contribution in [2.75, 3.05) is 6.54 Å². The zero-order valence-corrected chi connectivity index (χ0v) is 18.2. The number of hydrogen-bond acceptors (Lipinski definition) is 2. The first-order valence-electron chi connectivity index (χ1n) is 10.9. The predicted molar refractivity (Wildman–Crippen MR) is 139 cm³/mol. The van der Waals surface area contributed by atoms with E-state index in [1.807, 2.05) is 30.5 Å². The van der Waals surface area contributed by atoms with Crippen LogP contribution in [-0.2, 0) is 0 Å². The SMILES string of the molecule is [B]c1cc(C2=CCCC(C3=CC=CNC3)=C2)cc(-c2cccc(C(/C=C\C=C)=C/N)c2)c1. The standard InChI is InChI=1S/C29H27BN2/c1-2-3-7-25(19-31)21-8-4-10-23(14-21)27-16-28(18-29(30)17-27)24-11-5-9-22(15-24)26-12-6-13-32-20-26/h2-4,6-8,10-19,32H,1,5,9,20,31H2/b7-3-,25-19+. The van der Waals surface area contributed by atoms with Crippen molar-refractivity contribution in [2.45, 2.75) is 12.8 Å². The van der Waals surface area contributed by atoms with Crippen LogP contribution in [-0.4, -0.2) is 14.4 Å². The maximum atomic E-state index is 6.34. The highest BCUT2D eigenvalue weighted by atomic mass is 14.8. The summed E-state index contributed by atoms with van der Waals surface area (Å²) >= 11 is 0. The van der Waals surface area contributed by atoms with Crippen molar-refractivity contribution in [1.29, 1.82) is 0 Å². The first-order valence-corrected chi connectivity index (χ1v) is 10.9. The van der Waals surface area contributed by atoms with Crippen molar-refractivity contribution in [3.63, 3.8) is 0 Å². The van der Waals surface area contributed by atoms with E-state index in [1.165, 1.54) is 16.7 Å². The molecule has 2 aromatic carbocycles. The van der Waals surface area contributed by atoms with Gasteiger partial charge < -0.3 is 11.1 Å². The molecule has 0 aromatic heterocycles. The topological polar surface area (TPSA) is 38.0 Å². The molecule has 2 aromatic rings. The normalized spacial score (nSPS) is 16.2. The molecule has 156 valence electrons. The average molecular weight is 414 g/mol. The first-order chi connectivity index (χ1) is 15.7. The zero-order valence-electron chi connectivity index (χ0n) is 18.2. The smallest absolute Gasteiger partial charge is 0.113 e. The van der Waals surface area contributed by atoms with Crippen LogP contribution >= 0.6 is 0 Å². The molecule has 1 heterocycles. The lowest BCUT2D eigenvalue weighted by Crippen LogP contribution is -2.14. The van der Waals surface area contributed by atoms with E-state index in [0.717, 1.165) is 52.7 Å². The van der Waals surface area contributed by atoms with Crippen LogP contribution in [0.4, 0.5) is 0 Å². The Bertz CT molecular complexity index is 1210. The summed E-state index contributed by atoms with van der Waals surface area (Å²) in [7, 11) is 6.34. The average Bonchev–Trinajstić information content (AvgIpc) is 2.85. The van der Waals surface area contributed by atoms with Gasteiger partial charge in [0.2, 0.25) is 0 Å². The zero-order chi connectivity index (χ0) is 22.3. The van der Waals surface area contributed by atoms with Crippen LogP contribution < -0.4 is 16.5 Å². The first kappa shape index (κ1) is 21.5. The van der Waals surface area contributed by atoms with Crippen molar-refractivity contribution in [3.05, 3.63) is 126 Å². The highest BCUT2D eigenvalue weighted by Crippen LogP contribution is 2.32. The monoisotopic (exact) mass is 414 g/mol. The van der Waals surface area contributed by atoms with Crippen molar-refractivity contribution in [1.82, 2.24) is 5.32 Å². The quantitative estimate of drug-likeness (QED) is 0.495. The highest BCUT2D eigenvalue weighted by Gasteiger charge is 2.13. The Morgan fingerprint density at radius 3 is 2.72 bits per heavy atom. The minimum atomic E-state index is 0.756. The fourth-order valence-corrected chi connectivity index (χ4v) is 4.12. The summed E-state index contributed by atoms with van der Waals surface area (Å²) in [6.45, 7) is 4.61. The summed E-state index contributed by atoms with van der Waals surface area (Å²) in [4.78, 5) is 0. The summed E-state index contributed by atoms with van der Waals surface area (Å²) in [5.74, 6) is 0. The fraction of sp³-hybridized carbons (Fsp3) is 0.103. The summed E-state index contributed by atoms with van der Waals surface area (Å²) in [5, 5.41) is 3.31. The van der Waals surface area contributed by atoms with Crippen molar-refractivity contribution >= 4 is 24.5 Å². The van der Waals surface area contributed by atoms with Crippen LogP contribution in [0.25, 0.3) is 22.3 Å². The lowest BCUT2D eigenvalue weighted by atomic mass is 9.84. The molecule has 0 bridgehead atoms. The molecule has 2 radical (unpaired) electrons. The van der Waals surface area contributed by atoms with Gasteiger partial charge in [-0.2, -0.15) is 0 Å². The van der Waals surface area contributed by atoms with Gasteiger partial charge in [-0.15, -0.1) is 0 Å². The molecule has 3 N–H and O–H groups in total. The molecule has 0 spiro atoms. The van der Waals surface area contributed by atoms with Crippen molar-refractivity contribution in [3.8, 4) is 11.1 Å². The molecule has 3 heteroatoms. The molecule has 2 nitrogen and oxygen atoms in total. The minimum Gasteiger partial charge on any atom is -0.404 e. The Kier molecular flexibility index (Phi) is 6.76. The van der Waals surface area contributed by atoms with E-state index in [0.29, 0.717) is 0 Å². The predicted octanol–water partition coefficient (Wildman–Crippen LogP) is 5.34. The van der Waals surface area contributed by atoms with Crippen LogP contribution in [0.15, 0.2) is 115 Å². The van der Waals surface area contributed by atoms with E-state index < -0.39 is 0 Å². The van der Waals surface area contributed by atoms with Crippen LogP contribution in [0, 0.1) is 0 Å². The largest absolute Gasteiger partial charge is 0.404 e. The molecule has 1 aliphatic heterocycles. The summed E-state index contributed by atoms with van der Waals surface area (Å²) in [5.41, 5.74) is 15.9. The van der Waals surface area contributed by atoms with Gasteiger partial charge in [-0.05, 0) is 81.8 Å². The Hall–Kier alpha value is -3.72. The summed E-state index contributed by atoms with van der Waals surface area (Å²) in [6.07, 6.45) is 20.2. The minimum absolute atomic E-state index is 0.756. The van der Waals surface area contributed by atoms with E-state index in [1.54, 1.807) is 12.3 Å². The second kappa shape index (κ2) is 10.1. The molecule has 4 rings (SSSR count). The van der Waals surface area contributed by atoms with Gasteiger partial charge in [0, 0.05) is 12.7 Å². The van der Waals surface area contributed by atoms with E-state index in [2.05, 4.69) is 66.5 Å². The van der Waals surface area contributed by atoms with Crippen LogP contribution in [0.2, 0.25) is 0 Å². The van der Waals surface area contributed by atoms with Crippen molar-refractivity contribution < 1.29 is 0 Å². The highest BCUT2D eigenvalue weighted by molar-refractivity contribution is 6.33. The number of nitrogens with two attached hydrogens (primary N) is 1. The Morgan fingerprint density at radius 2 is 1.94 bits per heavy atom. The van der Waals surface area contributed by atoms with Gasteiger partial charge in [-0.3, -0.25) is 0 Å². The number of benzene rings is 2. The summed E-state index contributed by atoms with van der Waals surface area (Å²) in [6, 6.07) is 14.7. The lowest BCUT2D eigenvalue weighted by Gasteiger charge is -2.19.